The second-order valence-electron chi connectivity index (χ2n) is 4.91. The lowest BCUT2D eigenvalue weighted by atomic mass is 9.99. The number of carbonyl (C=O) groups excluding carboxylic acids is 1. The van der Waals surface area contributed by atoms with Crippen LogP contribution in [0.25, 0.3) is 0 Å². The lowest BCUT2D eigenvalue weighted by Crippen LogP contribution is -2.54. The van der Waals surface area contributed by atoms with E-state index in [4.69, 9.17) is 0 Å². The molecule has 4 heteroatoms. The number of nitrogens with one attached hydrogen (secondary N) is 2. The van der Waals surface area contributed by atoms with Gasteiger partial charge in [0, 0.05) is 19.1 Å². The maximum absolute atomic E-state index is 12.0. The van der Waals surface area contributed by atoms with E-state index in [0.29, 0.717) is 6.04 Å². The monoisotopic (exact) mass is 241 g/mol. The van der Waals surface area contributed by atoms with Crippen LogP contribution in [0.2, 0.25) is 0 Å². The summed E-state index contributed by atoms with van der Waals surface area (Å²) in [7, 11) is 1.98. The Hall–Kier alpha value is -0.610. The van der Waals surface area contributed by atoms with Gasteiger partial charge >= 0.3 is 0 Å². The van der Waals surface area contributed by atoms with Crippen LogP contribution in [0.4, 0.5) is 0 Å². The number of piperidine rings is 1. The van der Waals surface area contributed by atoms with Crippen molar-refractivity contribution in [1.29, 1.82) is 0 Å². The molecule has 100 valence electrons. The Balaban J connectivity index is 2.51. The fraction of sp³-hybridized carbons (Fsp3) is 0.923. The van der Waals surface area contributed by atoms with E-state index in [-0.39, 0.29) is 11.9 Å². The molecule has 2 unspecified atom stereocenters. The zero-order chi connectivity index (χ0) is 12.7. The quantitative estimate of drug-likeness (QED) is 0.728. The fourth-order valence-corrected chi connectivity index (χ4v) is 2.53. The third kappa shape index (κ3) is 4.28. The molecule has 1 saturated heterocycles. The van der Waals surface area contributed by atoms with Crippen LogP contribution in [0.5, 0.6) is 0 Å². The number of nitrogens with zero attached hydrogens (tertiary/aromatic N) is 1. The van der Waals surface area contributed by atoms with E-state index in [2.05, 4.69) is 22.5 Å². The van der Waals surface area contributed by atoms with Gasteiger partial charge in [-0.3, -0.25) is 9.69 Å². The van der Waals surface area contributed by atoms with Crippen molar-refractivity contribution in [3.63, 3.8) is 0 Å². The Labute approximate surface area is 105 Å². The van der Waals surface area contributed by atoms with Gasteiger partial charge in [-0.05, 0) is 39.8 Å². The second-order valence-corrected chi connectivity index (χ2v) is 4.91. The number of likely N-dealkylation sites (N-methyl/N-ethyl adjacent to an activating group) is 1. The highest BCUT2D eigenvalue weighted by atomic mass is 16.2. The van der Waals surface area contributed by atoms with E-state index < -0.39 is 0 Å². The SMILES string of the molecule is CCCNC(=O)C(C)N1CCCCC1CNC. The predicted octanol–water partition coefficient (Wildman–Crippen LogP) is 0.975. The smallest absolute Gasteiger partial charge is 0.237 e. The minimum atomic E-state index is 0.000185. The summed E-state index contributed by atoms with van der Waals surface area (Å²) in [6, 6.07) is 0.510. The van der Waals surface area contributed by atoms with E-state index in [1.807, 2.05) is 14.0 Å². The molecule has 1 heterocycles. The van der Waals surface area contributed by atoms with Crippen LogP contribution in [0.15, 0.2) is 0 Å². The van der Waals surface area contributed by atoms with Gasteiger partial charge in [0.15, 0.2) is 0 Å². The molecule has 1 aliphatic heterocycles. The molecule has 1 rings (SSSR count). The molecule has 1 fully saturated rings. The van der Waals surface area contributed by atoms with Gasteiger partial charge in [-0.25, -0.2) is 0 Å². The van der Waals surface area contributed by atoms with Crippen molar-refractivity contribution < 1.29 is 4.79 Å². The van der Waals surface area contributed by atoms with Crippen molar-refractivity contribution in [1.82, 2.24) is 15.5 Å². The van der Waals surface area contributed by atoms with Crippen molar-refractivity contribution >= 4 is 5.91 Å². The zero-order valence-corrected chi connectivity index (χ0v) is 11.5. The summed E-state index contributed by atoms with van der Waals surface area (Å²) in [5.41, 5.74) is 0. The molecule has 0 bridgehead atoms. The second kappa shape index (κ2) is 7.67. The van der Waals surface area contributed by atoms with E-state index in [0.717, 1.165) is 26.1 Å². The minimum absolute atomic E-state index is 0.000185. The average Bonchev–Trinajstić information content (AvgIpc) is 2.36. The van der Waals surface area contributed by atoms with Gasteiger partial charge in [0.1, 0.15) is 0 Å². The molecule has 1 aliphatic rings. The average molecular weight is 241 g/mol. The standard InChI is InChI=1S/C13H27N3O/c1-4-8-15-13(17)11(2)16-9-6-5-7-12(16)10-14-3/h11-12,14H,4-10H2,1-3H3,(H,15,17). The highest BCUT2D eigenvalue weighted by Gasteiger charge is 2.29. The summed E-state index contributed by atoms with van der Waals surface area (Å²) in [5.74, 6) is 0.176. The molecular formula is C13H27N3O. The molecule has 2 atom stereocenters. The minimum Gasteiger partial charge on any atom is -0.355 e. The van der Waals surface area contributed by atoms with Gasteiger partial charge in [0.2, 0.25) is 5.91 Å². The molecule has 17 heavy (non-hydrogen) atoms. The molecule has 0 radical (unpaired) electrons. The summed E-state index contributed by atoms with van der Waals surface area (Å²) >= 11 is 0. The summed E-state index contributed by atoms with van der Waals surface area (Å²) in [5, 5.41) is 6.22. The number of hydrogen-bond donors (Lipinski definition) is 2. The van der Waals surface area contributed by atoms with Crippen LogP contribution >= 0.6 is 0 Å². The van der Waals surface area contributed by atoms with Crippen LogP contribution in [0.1, 0.15) is 39.5 Å². The van der Waals surface area contributed by atoms with Gasteiger partial charge in [0.05, 0.1) is 6.04 Å². The molecular weight excluding hydrogens is 214 g/mol. The molecule has 0 aliphatic carbocycles. The summed E-state index contributed by atoms with van der Waals surface area (Å²) in [6.07, 6.45) is 4.70. The Morgan fingerprint density at radius 1 is 1.47 bits per heavy atom. The van der Waals surface area contributed by atoms with E-state index in [9.17, 15) is 4.79 Å². The maximum Gasteiger partial charge on any atom is 0.237 e. The van der Waals surface area contributed by atoms with E-state index >= 15 is 0 Å². The fourth-order valence-electron chi connectivity index (χ4n) is 2.53. The molecule has 0 aromatic rings. The highest BCUT2D eigenvalue weighted by Crippen LogP contribution is 2.19. The molecule has 0 spiro atoms. The molecule has 1 amide bonds. The normalized spacial score (nSPS) is 23.4. The first-order valence-corrected chi connectivity index (χ1v) is 6.88. The van der Waals surface area contributed by atoms with E-state index in [1.165, 1.54) is 19.3 Å². The third-order valence-corrected chi connectivity index (χ3v) is 3.54. The van der Waals surface area contributed by atoms with Crippen molar-refractivity contribution in [2.45, 2.75) is 51.6 Å². The lowest BCUT2D eigenvalue weighted by Gasteiger charge is -2.39. The van der Waals surface area contributed by atoms with Gasteiger partial charge in [0.25, 0.3) is 0 Å². The van der Waals surface area contributed by atoms with Crippen molar-refractivity contribution in [2.75, 3.05) is 26.7 Å². The highest BCUT2D eigenvalue weighted by molar-refractivity contribution is 5.81. The number of rotatable bonds is 6. The first kappa shape index (κ1) is 14.5. The number of hydrogen-bond acceptors (Lipinski definition) is 3. The van der Waals surface area contributed by atoms with Gasteiger partial charge < -0.3 is 10.6 Å². The summed E-state index contributed by atoms with van der Waals surface area (Å²) in [6.45, 7) is 6.92. The molecule has 4 nitrogen and oxygen atoms in total. The molecule has 0 aromatic carbocycles. The summed E-state index contributed by atoms with van der Waals surface area (Å²) in [4.78, 5) is 14.3. The van der Waals surface area contributed by atoms with Crippen LogP contribution in [-0.4, -0.2) is 49.6 Å². The number of amides is 1. The van der Waals surface area contributed by atoms with Crippen molar-refractivity contribution in [2.24, 2.45) is 0 Å². The lowest BCUT2D eigenvalue weighted by molar-refractivity contribution is -0.127. The van der Waals surface area contributed by atoms with Crippen LogP contribution in [0, 0.1) is 0 Å². The zero-order valence-electron chi connectivity index (χ0n) is 11.5. The summed E-state index contributed by atoms with van der Waals surface area (Å²) < 4.78 is 0. The molecule has 2 N–H and O–H groups in total. The molecule has 0 aromatic heterocycles. The number of carbonyl (C=O) groups is 1. The first-order chi connectivity index (χ1) is 8.20. The largest absolute Gasteiger partial charge is 0.355 e. The molecule has 0 saturated carbocycles. The van der Waals surface area contributed by atoms with E-state index in [1.54, 1.807) is 0 Å². The maximum atomic E-state index is 12.0. The Morgan fingerprint density at radius 2 is 2.24 bits per heavy atom. The van der Waals surface area contributed by atoms with Crippen LogP contribution in [-0.2, 0) is 4.79 Å². The Kier molecular flexibility index (Phi) is 6.52. The Bertz CT molecular complexity index is 231. The van der Waals surface area contributed by atoms with Gasteiger partial charge in [-0.2, -0.15) is 0 Å². The van der Waals surface area contributed by atoms with Gasteiger partial charge in [-0.15, -0.1) is 0 Å². The number of likely N-dealkylation sites (tertiary alicyclic amines) is 1. The van der Waals surface area contributed by atoms with Crippen molar-refractivity contribution in [3.05, 3.63) is 0 Å². The van der Waals surface area contributed by atoms with Crippen LogP contribution in [0.3, 0.4) is 0 Å². The Morgan fingerprint density at radius 3 is 2.88 bits per heavy atom. The predicted molar refractivity (Wildman–Crippen MR) is 71.0 cm³/mol. The van der Waals surface area contributed by atoms with Crippen LogP contribution < -0.4 is 10.6 Å². The topological polar surface area (TPSA) is 44.4 Å². The third-order valence-electron chi connectivity index (χ3n) is 3.54. The van der Waals surface area contributed by atoms with Gasteiger partial charge in [-0.1, -0.05) is 13.3 Å². The first-order valence-electron chi connectivity index (χ1n) is 6.88. The van der Waals surface area contributed by atoms with Crippen molar-refractivity contribution in [3.8, 4) is 0 Å².